The van der Waals surface area contributed by atoms with E-state index in [4.69, 9.17) is 16.3 Å². The Morgan fingerprint density at radius 3 is 2.46 bits per heavy atom. The van der Waals surface area contributed by atoms with Crippen molar-refractivity contribution in [3.63, 3.8) is 0 Å². The third kappa shape index (κ3) is 5.27. The van der Waals surface area contributed by atoms with Gasteiger partial charge in [-0.15, -0.1) is 0 Å². The first kappa shape index (κ1) is 20.8. The van der Waals surface area contributed by atoms with E-state index in [0.29, 0.717) is 16.5 Å². The quantitative estimate of drug-likeness (QED) is 0.839. The molecule has 0 aliphatic carbocycles. The van der Waals surface area contributed by atoms with Gasteiger partial charge in [-0.1, -0.05) is 32.4 Å². The van der Waals surface area contributed by atoms with Crippen molar-refractivity contribution in [3.8, 4) is 5.75 Å². The highest BCUT2D eigenvalue weighted by Gasteiger charge is 2.37. The van der Waals surface area contributed by atoms with E-state index >= 15 is 0 Å². The molecule has 0 radical (unpaired) electrons. The summed E-state index contributed by atoms with van der Waals surface area (Å²) in [5, 5.41) is 3.38. The Kier molecular flexibility index (Phi) is 5.55. The van der Waals surface area contributed by atoms with Gasteiger partial charge in [0.05, 0.1) is 18.5 Å². The second-order valence-corrected chi connectivity index (χ2v) is 11.0. The van der Waals surface area contributed by atoms with Crippen LogP contribution in [0.3, 0.4) is 0 Å². The Labute approximate surface area is 160 Å². The van der Waals surface area contributed by atoms with Crippen molar-refractivity contribution in [2.45, 2.75) is 52.7 Å². The monoisotopic (exact) mass is 402 g/mol. The molecule has 0 bridgehead atoms. The van der Waals surface area contributed by atoms with Crippen LogP contribution in [-0.4, -0.2) is 38.8 Å². The molecule has 1 aromatic rings. The molecule has 0 unspecified atom stereocenters. The number of nitrogens with one attached hydrogen (secondary N) is 1. The van der Waals surface area contributed by atoms with Gasteiger partial charge in [0.1, 0.15) is 5.75 Å². The zero-order chi connectivity index (χ0) is 19.9. The van der Waals surface area contributed by atoms with E-state index in [1.807, 2.05) is 13.8 Å². The summed E-state index contributed by atoms with van der Waals surface area (Å²) < 4.78 is 31.3. The molecule has 1 atom stereocenters. The Bertz CT molecular complexity index is 800. The largest absolute Gasteiger partial charge is 0.476 e. The number of nitrogens with zero attached hydrogens (tertiary/aromatic N) is 1. The van der Waals surface area contributed by atoms with Gasteiger partial charge >= 0.3 is 0 Å². The summed E-state index contributed by atoms with van der Waals surface area (Å²) >= 11 is 5.98. The van der Waals surface area contributed by atoms with E-state index in [0.717, 1.165) is 12.7 Å². The van der Waals surface area contributed by atoms with Crippen molar-refractivity contribution in [1.29, 1.82) is 0 Å². The van der Waals surface area contributed by atoms with Gasteiger partial charge in [-0.05, 0) is 43.9 Å². The van der Waals surface area contributed by atoms with Gasteiger partial charge < -0.3 is 10.1 Å². The van der Waals surface area contributed by atoms with Crippen molar-refractivity contribution in [2.24, 2.45) is 5.41 Å². The molecule has 1 N–H and O–H groups in total. The first-order valence-electron chi connectivity index (χ1n) is 8.44. The highest BCUT2D eigenvalue weighted by molar-refractivity contribution is 7.92. The number of benzene rings is 1. The predicted octanol–water partition coefficient (Wildman–Crippen LogP) is 3.20. The first-order chi connectivity index (χ1) is 11.7. The number of hydrogen-bond donors (Lipinski definition) is 1. The van der Waals surface area contributed by atoms with Crippen LogP contribution in [0.5, 0.6) is 5.75 Å². The number of halogens is 1. The molecule has 8 heteroatoms. The molecule has 6 nitrogen and oxygen atoms in total. The number of sulfonamides is 1. The lowest BCUT2D eigenvalue weighted by Crippen LogP contribution is -2.55. The summed E-state index contributed by atoms with van der Waals surface area (Å²) in [5.41, 5.74) is -0.0701. The molecule has 1 aliphatic heterocycles. The second kappa shape index (κ2) is 6.93. The molecule has 0 saturated carbocycles. The molecule has 146 valence electrons. The molecular formula is C18H27ClN2O4S. The van der Waals surface area contributed by atoms with Crippen LogP contribution in [0.1, 0.15) is 41.0 Å². The van der Waals surface area contributed by atoms with Crippen LogP contribution in [0, 0.1) is 5.41 Å². The predicted molar refractivity (Wildman–Crippen MR) is 104 cm³/mol. The number of hydrogen-bond acceptors (Lipinski definition) is 4. The van der Waals surface area contributed by atoms with E-state index in [2.05, 4.69) is 26.1 Å². The lowest BCUT2D eigenvalue weighted by atomic mass is 9.81. The SMILES string of the molecule is CC(C)(C)CC(C)(C)NC(=O)[C@@H]1CN(S(C)(=O)=O)c2cc(Cl)ccc2O1. The first-order valence-corrected chi connectivity index (χ1v) is 10.7. The standard InChI is InChI=1S/C18H27ClN2O4S/c1-17(2,3)11-18(4,5)20-16(22)15-10-21(26(6,23)24)13-9-12(19)7-8-14(13)25-15/h7-9,15H,10-11H2,1-6H3,(H,20,22)/t15-/m0/s1. The summed E-state index contributed by atoms with van der Waals surface area (Å²) in [6, 6.07) is 4.70. The average Bonchev–Trinajstić information content (AvgIpc) is 2.41. The molecule has 1 aromatic carbocycles. The summed E-state index contributed by atoms with van der Waals surface area (Å²) in [6.07, 6.45) is 0.930. The maximum absolute atomic E-state index is 12.8. The number of fused-ring (bicyclic) bond motifs is 1. The number of anilines is 1. The highest BCUT2D eigenvalue weighted by atomic mass is 35.5. The van der Waals surface area contributed by atoms with Gasteiger partial charge in [-0.2, -0.15) is 0 Å². The van der Waals surface area contributed by atoms with Crippen LogP contribution in [0.4, 0.5) is 5.69 Å². The molecule has 1 heterocycles. The lowest BCUT2D eigenvalue weighted by Gasteiger charge is -2.37. The third-order valence-electron chi connectivity index (χ3n) is 3.92. The molecular weight excluding hydrogens is 376 g/mol. The van der Waals surface area contributed by atoms with E-state index < -0.39 is 21.7 Å². The number of rotatable bonds is 4. The molecule has 0 aromatic heterocycles. The fourth-order valence-corrected chi connectivity index (χ4v) is 4.53. The minimum atomic E-state index is -3.58. The Hall–Kier alpha value is -1.47. The smallest absolute Gasteiger partial charge is 0.263 e. The van der Waals surface area contributed by atoms with Crippen molar-refractivity contribution >= 4 is 33.2 Å². The normalized spacial score (nSPS) is 18.1. The zero-order valence-electron chi connectivity index (χ0n) is 16.1. The maximum Gasteiger partial charge on any atom is 0.263 e. The maximum atomic E-state index is 12.8. The average molecular weight is 403 g/mol. The van der Waals surface area contributed by atoms with Crippen LogP contribution in [0.25, 0.3) is 0 Å². The van der Waals surface area contributed by atoms with Crippen LogP contribution >= 0.6 is 11.6 Å². The Morgan fingerprint density at radius 1 is 1.31 bits per heavy atom. The van der Waals surface area contributed by atoms with Crippen molar-refractivity contribution in [3.05, 3.63) is 23.2 Å². The van der Waals surface area contributed by atoms with E-state index in [1.165, 1.54) is 10.4 Å². The Balaban J connectivity index is 2.26. The summed E-state index contributed by atoms with van der Waals surface area (Å²) in [7, 11) is -3.58. The molecule has 0 saturated heterocycles. The minimum absolute atomic E-state index is 0.0341. The van der Waals surface area contributed by atoms with Crippen LogP contribution < -0.4 is 14.4 Å². The van der Waals surface area contributed by atoms with Gasteiger partial charge in [-0.25, -0.2) is 8.42 Å². The molecule has 2 rings (SSSR count). The number of ether oxygens (including phenoxy) is 1. The molecule has 1 amide bonds. The van der Waals surface area contributed by atoms with E-state index in [-0.39, 0.29) is 17.9 Å². The van der Waals surface area contributed by atoms with Crippen molar-refractivity contribution < 1.29 is 17.9 Å². The van der Waals surface area contributed by atoms with Gasteiger partial charge in [0.2, 0.25) is 10.0 Å². The number of amides is 1. The molecule has 1 aliphatic rings. The summed E-state index contributed by atoms with van der Waals surface area (Å²) in [5.74, 6) is -0.0200. The fraction of sp³-hybridized carbons (Fsp3) is 0.611. The lowest BCUT2D eigenvalue weighted by molar-refractivity contribution is -0.129. The van der Waals surface area contributed by atoms with Crippen LogP contribution in [0.2, 0.25) is 5.02 Å². The highest BCUT2D eigenvalue weighted by Crippen LogP contribution is 2.37. The van der Waals surface area contributed by atoms with E-state index in [9.17, 15) is 13.2 Å². The van der Waals surface area contributed by atoms with Crippen molar-refractivity contribution in [1.82, 2.24) is 5.32 Å². The van der Waals surface area contributed by atoms with Gasteiger partial charge in [0.15, 0.2) is 6.10 Å². The van der Waals surface area contributed by atoms with E-state index in [1.54, 1.807) is 12.1 Å². The fourth-order valence-electron chi connectivity index (χ4n) is 3.46. The zero-order valence-corrected chi connectivity index (χ0v) is 17.7. The molecule has 0 spiro atoms. The second-order valence-electron chi connectivity index (χ2n) is 8.62. The molecule has 0 fully saturated rings. The molecule has 26 heavy (non-hydrogen) atoms. The van der Waals surface area contributed by atoms with Gasteiger partial charge in [0.25, 0.3) is 5.91 Å². The topological polar surface area (TPSA) is 75.7 Å². The summed E-state index contributed by atoms with van der Waals surface area (Å²) in [4.78, 5) is 12.8. The number of carbonyl (C=O) groups excluding carboxylic acids is 1. The van der Waals surface area contributed by atoms with Crippen molar-refractivity contribution in [2.75, 3.05) is 17.1 Å². The third-order valence-corrected chi connectivity index (χ3v) is 5.30. The van der Waals surface area contributed by atoms with Gasteiger partial charge in [-0.3, -0.25) is 9.10 Å². The number of carbonyl (C=O) groups is 1. The summed E-state index contributed by atoms with van der Waals surface area (Å²) in [6.45, 7) is 10.1. The van der Waals surface area contributed by atoms with Crippen LogP contribution in [-0.2, 0) is 14.8 Å². The minimum Gasteiger partial charge on any atom is -0.476 e. The Morgan fingerprint density at radius 2 is 1.92 bits per heavy atom. The van der Waals surface area contributed by atoms with Crippen LogP contribution in [0.15, 0.2) is 18.2 Å². The van der Waals surface area contributed by atoms with Gasteiger partial charge in [0, 0.05) is 10.6 Å².